The fourth-order valence-electron chi connectivity index (χ4n) is 2.42. The summed E-state index contributed by atoms with van der Waals surface area (Å²) in [5.41, 5.74) is 3.21. The van der Waals surface area contributed by atoms with Crippen molar-refractivity contribution in [1.82, 2.24) is 5.32 Å². The number of hydrogen-bond acceptors (Lipinski definition) is 2. The van der Waals surface area contributed by atoms with E-state index in [1.165, 1.54) is 31.3 Å². The van der Waals surface area contributed by atoms with Gasteiger partial charge in [-0.05, 0) is 56.7 Å². The van der Waals surface area contributed by atoms with Crippen LogP contribution in [0.25, 0.3) is 0 Å². The highest BCUT2D eigenvalue weighted by molar-refractivity contribution is 7.80. The summed E-state index contributed by atoms with van der Waals surface area (Å²) < 4.78 is 0. The summed E-state index contributed by atoms with van der Waals surface area (Å²) in [6, 6.07) is 5.66. The van der Waals surface area contributed by atoms with Crippen LogP contribution in [0.3, 0.4) is 0 Å². The van der Waals surface area contributed by atoms with Crippen LogP contribution in [0.2, 0.25) is 0 Å². The molecule has 0 aromatic heterocycles. The van der Waals surface area contributed by atoms with E-state index in [0.29, 0.717) is 0 Å². The van der Waals surface area contributed by atoms with E-state index in [-0.39, 0.29) is 5.91 Å². The molecule has 0 saturated heterocycles. The lowest BCUT2D eigenvalue weighted by Crippen LogP contribution is -2.25. The van der Waals surface area contributed by atoms with Gasteiger partial charge in [-0.15, -0.1) is 12.6 Å². The third-order valence-electron chi connectivity index (χ3n) is 3.58. The quantitative estimate of drug-likeness (QED) is 0.633. The molecule has 0 fully saturated rings. The van der Waals surface area contributed by atoms with E-state index in [4.69, 9.17) is 0 Å². The maximum Gasteiger partial charge on any atom is 0.251 e. The predicted molar refractivity (Wildman–Crippen MR) is 81.9 cm³/mol. The van der Waals surface area contributed by atoms with Gasteiger partial charge in [0, 0.05) is 17.0 Å². The van der Waals surface area contributed by atoms with Crippen molar-refractivity contribution in [3.63, 3.8) is 0 Å². The van der Waals surface area contributed by atoms with Gasteiger partial charge in [0.15, 0.2) is 0 Å². The average Bonchev–Trinajstić information content (AvgIpc) is 2.42. The molecule has 19 heavy (non-hydrogen) atoms. The maximum atomic E-state index is 12.1. The molecule has 0 unspecified atom stereocenters. The molecule has 0 heterocycles. The molecule has 2 rings (SSSR count). The maximum absolute atomic E-state index is 12.1. The summed E-state index contributed by atoms with van der Waals surface area (Å²) in [6.45, 7) is 2.67. The smallest absolute Gasteiger partial charge is 0.251 e. The summed E-state index contributed by atoms with van der Waals surface area (Å²) in [6.07, 6.45) is 8.30. The molecule has 2 nitrogen and oxygen atoms in total. The lowest BCUT2D eigenvalue weighted by Gasteiger charge is -2.13. The molecule has 102 valence electrons. The van der Waals surface area contributed by atoms with Crippen molar-refractivity contribution in [1.29, 1.82) is 0 Å². The second-order valence-corrected chi connectivity index (χ2v) is 5.63. The lowest BCUT2D eigenvalue weighted by atomic mass is 9.97. The predicted octanol–water partition coefficient (Wildman–Crippen LogP) is 3.90. The first-order chi connectivity index (χ1) is 9.16. The van der Waals surface area contributed by atoms with E-state index in [2.05, 4.69) is 24.0 Å². The molecular formula is C16H21NOS. The molecule has 0 saturated carbocycles. The minimum atomic E-state index is 0.00445. The van der Waals surface area contributed by atoms with Crippen LogP contribution in [-0.2, 0) is 0 Å². The molecule has 1 aliphatic carbocycles. The van der Waals surface area contributed by atoms with Gasteiger partial charge in [0.25, 0.3) is 5.91 Å². The number of aryl methyl sites for hydroxylation is 1. The molecule has 1 aliphatic rings. The third-order valence-corrected chi connectivity index (χ3v) is 3.86. The van der Waals surface area contributed by atoms with Crippen LogP contribution in [0.1, 0.15) is 48.0 Å². The molecule has 0 spiro atoms. The second kappa shape index (κ2) is 6.80. The summed E-state index contributed by atoms with van der Waals surface area (Å²) in [5, 5.41) is 3.00. The van der Waals surface area contributed by atoms with Crippen molar-refractivity contribution in [3.05, 3.63) is 41.0 Å². The Kier molecular flexibility index (Phi) is 5.08. The zero-order valence-corrected chi connectivity index (χ0v) is 12.3. The molecule has 1 N–H and O–H groups in total. The molecule has 0 radical (unpaired) electrons. The SMILES string of the molecule is Cc1ccc(S)cc1C(=O)NCCC1=CCCCC1. The summed E-state index contributed by atoms with van der Waals surface area (Å²) in [7, 11) is 0. The van der Waals surface area contributed by atoms with Crippen molar-refractivity contribution in [3.8, 4) is 0 Å². The van der Waals surface area contributed by atoms with E-state index >= 15 is 0 Å². The molecule has 0 aliphatic heterocycles. The van der Waals surface area contributed by atoms with Crippen molar-refractivity contribution >= 4 is 18.5 Å². The Bertz CT molecular complexity index is 494. The largest absolute Gasteiger partial charge is 0.352 e. The monoisotopic (exact) mass is 275 g/mol. The Hall–Kier alpha value is -1.22. The van der Waals surface area contributed by atoms with Gasteiger partial charge in [-0.3, -0.25) is 4.79 Å². The van der Waals surface area contributed by atoms with Crippen LogP contribution in [0.5, 0.6) is 0 Å². The zero-order valence-electron chi connectivity index (χ0n) is 11.4. The van der Waals surface area contributed by atoms with Gasteiger partial charge in [0.05, 0.1) is 0 Å². The Balaban J connectivity index is 1.87. The van der Waals surface area contributed by atoms with Crippen LogP contribution >= 0.6 is 12.6 Å². The highest BCUT2D eigenvalue weighted by Crippen LogP contribution is 2.19. The second-order valence-electron chi connectivity index (χ2n) is 5.11. The fourth-order valence-corrected chi connectivity index (χ4v) is 2.62. The summed E-state index contributed by atoms with van der Waals surface area (Å²) in [4.78, 5) is 12.9. The Morgan fingerprint density at radius 1 is 1.37 bits per heavy atom. The van der Waals surface area contributed by atoms with Gasteiger partial charge < -0.3 is 5.32 Å². The fraction of sp³-hybridized carbons (Fsp3) is 0.438. The van der Waals surface area contributed by atoms with Gasteiger partial charge in [-0.2, -0.15) is 0 Å². The highest BCUT2D eigenvalue weighted by atomic mass is 32.1. The summed E-state index contributed by atoms with van der Waals surface area (Å²) in [5.74, 6) is 0.00445. The van der Waals surface area contributed by atoms with Crippen LogP contribution in [0, 0.1) is 6.92 Å². The van der Waals surface area contributed by atoms with Crippen molar-refractivity contribution in [2.75, 3.05) is 6.54 Å². The number of nitrogens with one attached hydrogen (secondary N) is 1. The van der Waals surface area contributed by atoms with E-state index in [0.717, 1.165) is 29.0 Å². The summed E-state index contributed by atoms with van der Waals surface area (Å²) >= 11 is 4.28. The lowest BCUT2D eigenvalue weighted by molar-refractivity contribution is 0.0953. The molecule has 3 heteroatoms. The molecule has 1 aromatic rings. The zero-order chi connectivity index (χ0) is 13.7. The van der Waals surface area contributed by atoms with E-state index < -0.39 is 0 Å². The number of thiol groups is 1. The number of carbonyl (C=O) groups is 1. The van der Waals surface area contributed by atoms with Crippen LogP contribution in [0.4, 0.5) is 0 Å². The Labute approximate surface area is 120 Å². The van der Waals surface area contributed by atoms with Gasteiger partial charge in [0.2, 0.25) is 0 Å². The first-order valence-corrected chi connectivity index (χ1v) is 7.37. The standard InChI is InChI=1S/C16H21NOS/c1-12-7-8-14(19)11-15(12)16(18)17-10-9-13-5-3-2-4-6-13/h5,7-8,11,19H,2-4,6,9-10H2,1H3,(H,17,18). The highest BCUT2D eigenvalue weighted by Gasteiger charge is 2.09. The van der Waals surface area contributed by atoms with E-state index in [1.807, 2.05) is 25.1 Å². The minimum Gasteiger partial charge on any atom is -0.352 e. The van der Waals surface area contributed by atoms with Crippen LogP contribution < -0.4 is 5.32 Å². The van der Waals surface area contributed by atoms with E-state index in [1.54, 1.807) is 0 Å². The van der Waals surface area contributed by atoms with Crippen LogP contribution in [-0.4, -0.2) is 12.5 Å². The minimum absolute atomic E-state index is 0.00445. The molecule has 0 atom stereocenters. The third kappa shape index (κ3) is 4.13. The number of rotatable bonds is 4. The number of amides is 1. The van der Waals surface area contributed by atoms with Crippen molar-refractivity contribution < 1.29 is 4.79 Å². The average molecular weight is 275 g/mol. The normalized spacial score (nSPS) is 14.9. The molecule has 0 bridgehead atoms. The molecule has 1 amide bonds. The molecule has 1 aromatic carbocycles. The molecular weight excluding hydrogens is 254 g/mol. The van der Waals surface area contributed by atoms with Crippen molar-refractivity contribution in [2.24, 2.45) is 0 Å². The number of allylic oxidation sites excluding steroid dienone is 1. The number of benzene rings is 1. The number of hydrogen-bond donors (Lipinski definition) is 2. The first kappa shape index (κ1) is 14.2. The van der Waals surface area contributed by atoms with Crippen LogP contribution in [0.15, 0.2) is 34.7 Å². The van der Waals surface area contributed by atoms with E-state index in [9.17, 15) is 4.79 Å². The Morgan fingerprint density at radius 2 is 2.21 bits per heavy atom. The Morgan fingerprint density at radius 3 is 2.95 bits per heavy atom. The van der Waals surface area contributed by atoms with Gasteiger partial charge in [-0.25, -0.2) is 0 Å². The first-order valence-electron chi connectivity index (χ1n) is 6.92. The number of carbonyl (C=O) groups excluding carboxylic acids is 1. The van der Waals surface area contributed by atoms with Gasteiger partial charge >= 0.3 is 0 Å². The van der Waals surface area contributed by atoms with Gasteiger partial charge in [0.1, 0.15) is 0 Å². The topological polar surface area (TPSA) is 29.1 Å². The van der Waals surface area contributed by atoms with Gasteiger partial charge in [-0.1, -0.05) is 17.7 Å². The van der Waals surface area contributed by atoms with Crippen molar-refractivity contribution in [2.45, 2.75) is 43.9 Å².